The van der Waals surface area contributed by atoms with Gasteiger partial charge in [0.15, 0.2) is 0 Å². The van der Waals surface area contributed by atoms with Crippen molar-refractivity contribution < 1.29 is 4.79 Å². The molecule has 0 N–H and O–H groups in total. The number of aldehydes is 1. The maximum atomic E-state index is 12.5. The Balaban J connectivity index is 2.35. The van der Waals surface area contributed by atoms with Crippen LogP contribution < -0.4 is 11.4 Å². The minimum atomic E-state index is -0.739. The summed E-state index contributed by atoms with van der Waals surface area (Å²) in [5.41, 5.74) is -0.451. The molecule has 1 aromatic carbocycles. The van der Waals surface area contributed by atoms with Gasteiger partial charge in [-0.1, -0.05) is 30.4 Å². The van der Waals surface area contributed by atoms with Crippen molar-refractivity contribution in [2.24, 2.45) is 0 Å². The van der Waals surface area contributed by atoms with E-state index in [0.717, 1.165) is 4.57 Å². The van der Waals surface area contributed by atoms with Gasteiger partial charge in [0, 0.05) is 0 Å². The van der Waals surface area contributed by atoms with E-state index in [2.05, 4.69) is 0 Å². The molecule has 0 fully saturated rings. The fraction of sp³-hybridized carbons (Fsp3) is 0.214. The monoisotopic (exact) mass is 271 g/mol. The van der Waals surface area contributed by atoms with Crippen LogP contribution in [0.3, 0.4) is 0 Å². The van der Waals surface area contributed by atoms with Crippen LogP contribution in [0.2, 0.25) is 0 Å². The molecule has 0 radical (unpaired) electrons. The standard InChI is InChI=1S/C14H13N3O3/c1-10-7-8-12(9-18)17-14(20)15(13(19)16(10)17)11-5-3-2-4-6-11/h2-10,12H,1H3. The Morgan fingerprint density at radius 3 is 2.30 bits per heavy atom. The predicted octanol–water partition coefficient (Wildman–Crippen LogP) is 0.671. The number of para-hydroxylation sites is 1. The van der Waals surface area contributed by atoms with Crippen LogP contribution in [0.25, 0.3) is 5.69 Å². The van der Waals surface area contributed by atoms with Gasteiger partial charge in [-0.2, -0.15) is 0 Å². The van der Waals surface area contributed by atoms with E-state index in [1.165, 1.54) is 9.36 Å². The molecule has 6 nitrogen and oxygen atoms in total. The van der Waals surface area contributed by atoms with Gasteiger partial charge in [-0.05, 0) is 19.1 Å². The Morgan fingerprint density at radius 2 is 1.65 bits per heavy atom. The molecule has 2 aromatic rings. The Bertz CT molecular complexity index is 795. The Labute approximate surface area is 114 Å². The van der Waals surface area contributed by atoms with Gasteiger partial charge in [-0.25, -0.2) is 23.5 Å². The van der Waals surface area contributed by atoms with E-state index >= 15 is 0 Å². The topological polar surface area (TPSA) is 66.0 Å². The van der Waals surface area contributed by atoms with Gasteiger partial charge in [0.2, 0.25) is 0 Å². The molecule has 0 spiro atoms. The van der Waals surface area contributed by atoms with Crippen LogP contribution in [-0.4, -0.2) is 20.2 Å². The second kappa shape index (κ2) is 4.48. The summed E-state index contributed by atoms with van der Waals surface area (Å²) < 4.78 is 3.60. The van der Waals surface area contributed by atoms with Gasteiger partial charge in [0.25, 0.3) is 0 Å². The lowest BCUT2D eigenvalue weighted by atomic mass is 10.2. The van der Waals surface area contributed by atoms with Gasteiger partial charge in [-0.3, -0.25) is 0 Å². The summed E-state index contributed by atoms with van der Waals surface area (Å²) in [4.78, 5) is 36.0. The molecule has 1 aliphatic rings. The van der Waals surface area contributed by atoms with Crippen LogP contribution in [0.5, 0.6) is 0 Å². The number of nitrogens with zero attached hydrogens (tertiary/aromatic N) is 3. The zero-order chi connectivity index (χ0) is 14.3. The lowest BCUT2D eigenvalue weighted by molar-refractivity contribution is -0.110. The molecule has 20 heavy (non-hydrogen) atoms. The number of hydrogen-bond donors (Lipinski definition) is 0. The smallest absolute Gasteiger partial charge is 0.301 e. The van der Waals surface area contributed by atoms with Crippen molar-refractivity contribution in [3.8, 4) is 5.69 Å². The molecule has 0 bridgehead atoms. The van der Waals surface area contributed by atoms with Crippen molar-refractivity contribution in [3.63, 3.8) is 0 Å². The number of hydrogen-bond acceptors (Lipinski definition) is 3. The predicted molar refractivity (Wildman–Crippen MR) is 73.2 cm³/mol. The van der Waals surface area contributed by atoms with Crippen molar-refractivity contribution in [2.45, 2.75) is 19.0 Å². The van der Waals surface area contributed by atoms with E-state index in [9.17, 15) is 14.4 Å². The van der Waals surface area contributed by atoms with Gasteiger partial charge in [0.05, 0.1) is 11.7 Å². The average Bonchev–Trinajstić information content (AvgIpc) is 2.73. The van der Waals surface area contributed by atoms with Gasteiger partial charge in [0.1, 0.15) is 12.3 Å². The zero-order valence-electron chi connectivity index (χ0n) is 10.8. The van der Waals surface area contributed by atoms with Crippen molar-refractivity contribution in [3.05, 3.63) is 63.5 Å². The number of aromatic nitrogens is 3. The fourth-order valence-electron chi connectivity index (χ4n) is 2.45. The zero-order valence-corrected chi connectivity index (χ0v) is 10.8. The first-order valence-corrected chi connectivity index (χ1v) is 6.30. The number of fused-ring (bicyclic) bond motifs is 1. The van der Waals surface area contributed by atoms with Crippen LogP contribution in [0.15, 0.2) is 52.1 Å². The summed E-state index contributed by atoms with van der Waals surface area (Å²) >= 11 is 0. The molecule has 0 amide bonds. The van der Waals surface area contributed by atoms with E-state index in [4.69, 9.17) is 0 Å². The number of rotatable bonds is 2. The number of benzene rings is 1. The summed E-state index contributed by atoms with van der Waals surface area (Å²) in [5.74, 6) is 0. The van der Waals surface area contributed by atoms with Gasteiger partial charge in [-0.15, -0.1) is 0 Å². The Kier molecular flexibility index (Phi) is 2.78. The lowest BCUT2D eigenvalue weighted by Crippen LogP contribution is -2.34. The third-order valence-electron chi connectivity index (χ3n) is 3.42. The van der Waals surface area contributed by atoms with Crippen molar-refractivity contribution in [2.75, 3.05) is 0 Å². The third-order valence-corrected chi connectivity index (χ3v) is 3.42. The molecule has 6 heteroatoms. The summed E-state index contributed by atoms with van der Waals surface area (Å²) in [6, 6.07) is 7.67. The second-order valence-corrected chi connectivity index (χ2v) is 4.68. The molecule has 2 unspecified atom stereocenters. The summed E-state index contributed by atoms with van der Waals surface area (Å²) in [6.45, 7) is 1.80. The highest BCUT2D eigenvalue weighted by atomic mass is 16.2. The molecule has 1 aliphatic heterocycles. The number of allylic oxidation sites excluding steroid dienone is 2. The van der Waals surface area contributed by atoms with Crippen molar-refractivity contribution in [1.82, 2.24) is 13.9 Å². The largest absolute Gasteiger partial charge is 0.352 e. The number of carbonyl (C=O) groups excluding carboxylic acids is 1. The molecule has 1 aromatic heterocycles. The van der Waals surface area contributed by atoms with Gasteiger partial charge >= 0.3 is 11.4 Å². The minimum Gasteiger partial charge on any atom is -0.301 e. The third kappa shape index (κ3) is 1.61. The normalized spacial score (nSPS) is 20.6. The highest BCUT2D eigenvalue weighted by Gasteiger charge is 2.26. The van der Waals surface area contributed by atoms with E-state index in [1.807, 2.05) is 0 Å². The first-order valence-electron chi connectivity index (χ1n) is 6.30. The molecular weight excluding hydrogens is 258 g/mol. The van der Waals surface area contributed by atoms with Gasteiger partial charge < -0.3 is 4.79 Å². The van der Waals surface area contributed by atoms with Crippen LogP contribution in [0.4, 0.5) is 0 Å². The maximum absolute atomic E-state index is 12.5. The molecular formula is C14H13N3O3. The maximum Gasteiger partial charge on any atom is 0.352 e. The summed E-state index contributed by atoms with van der Waals surface area (Å²) in [6.07, 6.45) is 4.03. The summed E-state index contributed by atoms with van der Waals surface area (Å²) in [7, 11) is 0. The first kappa shape index (κ1) is 12.4. The lowest BCUT2D eigenvalue weighted by Gasteiger charge is -2.20. The average molecular weight is 271 g/mol. The Hall–Kier alpha value is -2.63. The van der Waals surface area contributed by atoms with Crippen LogP contribution in [0.1, 0.15) is 19.0 Å². The molecule has 2 heterocycles. The van der Waals surface area contributed by atoms with Crippen LogP contribution in [0, 0.1) is 0 Å². The number of carbonyl (C=O) groups is 1. The quantitative estimate of drug-likeness (QED) is 0.595. The highest BCUT2D eigenvalue weighted by Crippen LogP contribution is 2.16. The first-order chi connectivity index (χ1) is 9.65. The van der Waals surface area contributed by atoms with E-state index in [1.54, 1.807) is 49.4 Å². The van der Waals surface area contributed by atoms with Crippen molar-refractivity contribution in [1.29, 1.82) is 0 Å². The SMILES string of the molecule is CC1C=CC(C=O)n2c(=O)n(-c3ccccc3)c(=O)n21. The molecule has 0 aliphatic carbocycles. The van der Waals surface area contributed by atoms with Crippen LogP contribution in [-0.2, 0) is 4.79 Å². The van der Waals surface area contributed by atoms with Crippen molar-refractivity contribution >= 4 is 6.29 Å². The molecule has 2 atom stereocenters. The fourth-order valence-corrected chi connectivity index (χ4v) is 2.45. The van der Waals surface area contributed by atoms with Crippen LogP contribution >= 0.6 is 0 Å². The van der Waals surface area contributed by atoms with E-state index in [-0.39, 0.29) is 6.04 Å². The second-order valence-electron chi connectivity index (χ2n) is 4.68. The van der Waals surface area contributed by atoms with E-state index < -0.39 is 17.4 Å². The highest BCUT2D eigenvalue weighted by molar-refractivity contribution is 5.59. The Morgan fingerprint density at radius 1 is 1.00 bits per heavy atom. The van der Waals surface area contributed by atoms with E-state index in [0.29, 0.717) is 12.0 Å². The summed E-state index contributed by atoms with van der Waals surface area (Å²) in [5, 5.41) is 0. The molecule has 0 saturated carbocycles. The minimum absolute atomic E-state index is 0.267. The molecule has 3 rings (SSSR count). The molecule has 102 valence electrons. The molecule has 0 saturated heterocycles.